The average molecular weight is 1270 g/mol. The number of hydrogen-bond donors (Lipinski definition) is 17. The number of carboxylic acid groups (broad SMARTS) is 1. The largest absolute Gasteiger partial charge is 0.508 e. The third-order valence-electron chi connectivity index (χ3n) is 15.2. The van der Waals surface area contributed by atoms with E-state index in [1.165, 1.54) is 17.0 Å². The molecule has 10 atom stereocenters. The molecule has 0 saturated carbocycles. The van der Waals surface area contributed by atoms with Crippen LogP contribution in [0.2, 0.25) is 0 Å². The van der Waals surface area contributed by atoms with Gasteiger partial charge in [-0.1, -0.05) is 46.2 Å². The fourth-order valence-corrected chi connectivity index (χ4v) is 10.2. The number of carbonyl (C=O) groups is 12. The molecule has 2 aliphatic heterocycles. The number of primary amides is 1. The van der Waals surface area contributed by atoms with Crippen LogP contribution in [0.1, 0.15) is 123 Å². The number of aliphatic imine (C=N–C) groups is 2. The maximum absolute atomic E-state index is 14.5. The van der Waals surface area contributed by atoms with Crippen molar-refractivity contribution in [2.45, 2.75) is 178 Å². The van der Waals surface area contributed by atoms with Gasteiger partial charge in [0.1, 0.15) is 54.1 Å². The number of phenols is 1. The first kappa shape index (κ1) is 75.4. The van der Waals surface area contributed by atoms with E-state index in [2.05, 4.69) is 52.5 Å². The average Bonchev–Trinajstić information content (AvgIpc) is 2.01. The SMILES string of the molecule is CC[C@H](C)[C@H](NC(=O)[C@H](CCCN=C(N)N)NC(=O)[C@H](CCCN=C(N)N)NC(=O)[C@H](CC(C)C)NC(=O)[C@@H]1CCCN1C(=O)CNC(=O)CNC(=O)[C@@H](N)Cc1ccc(O)cc1)C(=O)N[C@H](CC(=O)O)C(=O)N1CCC[C@H]1C(=O)N[C@@H](CCCCN)C(N)=O. The standard InChI is InChI=1S/C57H95N19O14/c1-5-32(4)46(54(89)73-40(28-45(80)81)55(90)76-25-11-16-42(76)53(88)69-36(47(60)82)12-6-7-21-58)74-50(85)38(14-9-23-66-57(63)64)70-49(84)37(13-8-22-65-56(61)62)71-51(86)39(26-31(2)3)72-52(87)41-15-10-24-75(41)44(79)30-67-43(78)29-68-48(83)35(59)27-33-17-19-34(77)20-18-33/h17-20,31-32,35-42,46,77H,5-16,21-30,58-59H2,1-4H3,(H2,60,82)(H,67,78)(H,68,83)(H,69,88)(H,70,84)(H,71,86)(H,72,87)(H,73,89)(H,74,85)(H,80,81)(H4,61,62,65)(H4,63,64,66)/t32-,35-,36-,37-,38-,39-,40+,41-,42-,46-/m0/s1. The van der Waals surface area contributed by atoms with Gasteiger partial charge in [-0.2, -0.15) is 0 Å². The Bertz CT molecular complexity index is 2690. The lowest BCUT2D eigenvalue weighted by molar-refractivity contribution is -0.146. The van der Waals surface area contributed by atoms with Crippen LogP contribution in [0.3, 0.4) is 0 Å². The fourth-order valence-electron chi connectivity index (χ4n) is 10.2. The summed E-state index contributed by atoms with van der Waals surface area (Å²) in [6.45, 7) is 6.34. The van der Waals surface area contributed by atoms with Gasteiger partial charge in [0.05, 0.1) is 25.6 Å². The smallest absolute Gasteiger partial charge is 0.305 e. The molecule has 0 unspecified atom stereocenters. The quantitative estimate of drug-likeness (QED) is 0.0166. The number of nitrogens with one attached hydrogen (secondary N) is 8. The summed E-state index contributed by atoms with van der Waals surface area (Å²) in [4.78, 5) is 173. The van der Waals surface area contributed by atoms with Gasteiger partial charge in [0, 0.05) is 26.2 Å². The Morgan fingerprint density at radius 1 is 0.611 bits per heavy atom. The summed E-state index contributed by atoms with van der Waals surface area (Å²) >= 11 is 0. The molecule has 1 aromatic carbocycles. The van der Waals surface area contributed by atoms with Gasteiger partial charge in [-0.15, -0.1) is 0 Å². The highest BCUT2D eigenvalue weighted by atomic mass is 16.4. The highest BCUT2D eigenvalue weighted by Crippen LogP contribution is 2.22. The number of nitrogens with zero attached hydrogens (tertiary/aromatic N) is 4. The van der Waals surface area contributed by atoms with Gasteiger partial charge in [0.25, 0.3) is 0 Å². The number of amides is 11. The van der Waals surface area contributed by atoms with Crippen molar-refractivity contribution in [3.63, 3.8) is 0 Å². The van der Waals surface area contributed by atoms with Crippen molar-refractivity contribution in [3.8, 4) is 5.75 Å². The van der Waals surface area contributed by atoms with Gasteiger partial charge in [-0.05, 0) is 120 Å². The number of benzene rings is 1. The summed E-state index contributed by atoms with van der Waals surface area (Å²) in [5.74, 6) is -11.5. The molecule has 33 nitrogen and oxygen atoms in total. The van der Waals surface area contributed by atoms with E-state index in [0.717, 1.165) is 4.90 Å². The van der Waals surface area contributed by atoms with Gasteiger partial charge < -0.3 is 103 Å². The second-order valence-electron chi connectivity index (χ2n) is 22.9. The highest BCUT2D eigenvalue weighted by Gasteiger charge is 2.42. The molecule has 2 fully saturated rings. The van der Waals surface area contributed by atoms with Crippen LogP contribution in [0, 0.1) is 11.8 Å². The van der Waals surface area contributed by atoms with Crippen LogP contribution in [-0.4, -0.2) is 203 Å². The normalized spacial score (nSPS) is 17.1. The number of carbonyl (C=O) groups excluding carboxylic acids is 11. The summed E-state index contributed by atoms with van der Waals surface area (Å²) in [7, 11) is 0. The zero-order chi connectivity index (χ0) is 67.2. The molecule has 0 radical (unpaired) electrons. The van der Waals surface area contributed by atoms with Gasteiger partial charge in [-0.25, -0.2) is 0 Å². The number of aromatic hydroxyl groups is 1. The molecule has 33 heteroatoms. The Hall–Kier alpha value is -8.88. The molecular formula is C57H95N19O14. The maximum Gasteiger partial charge on any atom is 0.305 e. The van der Waals surface area contributed by atoms with Gasteiger partial charge in [0.2, 0.25) is 65.0 Å². The molecule has 502 valence electrons. The molecule has 24 N–H and O–H groups in total. The summed E-state index contributed by atoms with van der Waals surface area (Å²) in [5, 5.41) is 40.1. The molecule has 2 heterocycles. The Morgan fingerprint density at radius 2 is 1.12 bits per heavy atom. The van der Waals surface area contributed by atoms with Gasteiger partial charge in [-0.3, -0.25) is 67.5 Å². The minimum absolute atomic E-state index is 0.00151. The van der Waals surface area contributed by atoms with Crippen molar-refractivity contribution in [3.05, 3.63) is 29.8 Å². The third-order valence-corrected chi connectivity index (χ3v) is 15.2. The lowest BCUT2D eigenvalue weighted by Crippen LogP contribution is -2.61. The molecule has 1 aromatic rings. The van der Waals surface area contributed by atoms with E-state index in [1.54, 1.807) is 39.8 Å². The number of guanidine groups is 2. The molecular weight excluding hydrogens is 1170 g/mol. The minimum Gasteiger partial charge on any atom is -0.508 e. The van der Waals surface area contributed by atoms with Crippen LogP contribution < -0.4 is 82.7 Å². The minimum atomic E-state index is -1.74. The molecule has 0 spiro atoms. The Kier molecular flexibility index (Phi) is 32.3. The van der Waals surface area contributed by atoms with Crippen molar-refractivity contribution in [1.82, 2.24) is 52.3 Å². The second kappa shape index (κ2) is 38.5. The van der Waals surface area contributed by atoms with E-state index in [1.807, 2.05) is 0 Å². The van der Waals surface area contributed by atoms with E-state index in [4.69, 9.17) is 40.1 Å². The molecule has 0 aromatic heterocycles. The zero-order valence-corrected chi connectivity index (χ0v) is 51.8. The number of phenolic OH excluding ortho intramolecular Hbond substituents is 1. The topological polar surface area (TPSA) is 555 Å². The number of aliphatic carboxylic acids is 1. The van der Waals surface area contributed by atoms with Crippen LogP contribution in [0.4, 0.5) is 0 Å². The predicted molar refractivity (Wildman–Crippen MR) is 330 cm³/mol. The van der Waals surface area contributed by atoms with Crippen LogP contribution in [0.25, 0.3) is 0 Å². The summed E-state index contributed by atoms with van der Waals surface area (Å²) in [6.07, 6.45) is 1.73. The number of likely N-dealkylation sites (tertiary alicyclic amines) is 2. The Labute approximate surface area is 523 Å². The number of nitrogens with two attached hydrogens (primary N) is 7. The zero-order valence-electron chi connectivity index (χ0n) is 51.8. The lowest BCUT2D eigenvalue weighted by Gasteiger charge is -2.31. The monoisotopic (exact) mass is 1270 g/mol. The Morgan fingerprint density at radius 3 is 1.64 bits per heavy atom. The summed E-state index contributed by atoms with van der Waals surface area (Å²) in [6, 6.07) is -5.57. The summed E-state index contributed by atoms with van der Waals surface area (Å²) < 4.78 is 0. The number of hydrogen-bond acceptors (Lipinski definition) is 17. The molecule has 2 saturated heterocycles. The first-order chi connectivity index (χ1) is 42.6. The number of carboxylic acids is 1. The van der Waals surface area contributed by atoms with Gasteiger partial charge >= 0.3 is 5.97 Å². The van der Waals surface area contributed by atoms with Crippen LogP contribution in [-0.2, 0) is 64.0 Å². The third kappa shape index (κ3) is 26.1. The van der Waals surface area contributed by atoms with Gasteiger partial charge in [0.15, 0.2) is 11.9 Å². The van der Waals surface area contributed by atoms with E-state index >= 15 is 0 Å². The predicted octanol–water partition coefficient (Wildman–Crippen LogP) is -5.33. The van der Waals surface area contributed by atoms with Crippen molar-refractivity contribution in [2.75, 3.05) is 45.8 Å². The molecule has 0 aliphatic carbocycles. The van der Waals surface area contributed by atoms with Crippen molar-refractivity contribution >= 4 is 82.9 Å². The number of unbranched alkanes of at least 4 members (excludes halogenated alkanes) is 1. The molecule has 11 amide bonds. The highest BCUT2D eigenvalue weighted by molar-refractivity contribution is 5.99. The molecule has 2 aliphatic rings. The van der Waals surface area contributed by atoms with E-state index in [-0.39, 0.29) is 114 Å². The van der Waals surface area contributed by atoms with Crippen LogP contribution in [0.5, 0.6) is 5.75 Å². The van der Waals surface area contributed by atoms with Crippen LogP contribution >= 0.6 is 0 Å². The Balaban J connectivity index is 1.83. The lowest BCUT2D eigenvalue weighted by atomic mass is 9.96. The van der Waals surface area contributed by atoms with Crippen molar-refractivity contribution in [2.24, 2.45) is 62.0 Å². The van der Waals surface area contributed by atoms with E-state index < -0.39 is 151 Å². The maximum atomic E-state index is 14.5. The van der Waals surface area contributed by atoms with E-state index in [0.29, 0.717) is 37.8 Å². The fraction of sp³-hybridized carbons (Fsp3) is 0.649. The van der Waals surface area contributed by atoms with Crippen LogP contribution in [0.15, 0.2) is 34.3 Å². The van der Waals surface area contributed by atoms with E-state index in [9.17, 15) is 67.7 Å². The first-order valence-corrected chi connectivity index (χ1v) is 30.4. The molecule has 0 bridgehead atoms. The first-order valence-electron chi connectivity index (χ1n) is 30.4. The van der Waals surface area contributed by atoms with Crippen molar-refractivity contribution < 1.29 is 67.7 Å². The van der Waals surface area contributed by atoms with Crippen molar-refractivity contribution in [1.29, 1.82) is 0 Å². The molecule has 3 rings (SSSR count). The second-order valence-corrected chi connectivity index (χ2v) is 22.9. The molecule has 90 heavy (non-hydrogen) atoms. The summed E-state index contributed by atoms with van der Waals surface area (Å²) in [5.41, 5.74) is 40.0. The number of rotatable bonds is 39.